The normalized spacial score (nSPS) is 11.8. The van der Waals surface area contributed by atoms with E-state index < -0.39 is 11.2 Å². The van der Waals surface area contributed by atoms with Gasteiger partial charge >= 0.3 is 5.69 Å². The third-order valence-corrected chi connectivity index (χ3v) is 5.08. The maximum absolute atomic E-state index is 12.6. The van der Waals surface area contributed by atoms with E-state index in [4.69, 9.17) is 0 Å². The number of rotatable bonds is 5. The zero-order valence-corrected chi connectivity index (χ0v) is 17.4. The van der Waals surface area contributed by atoms with Crippen LogP contribution in [0.4, 0.5) is 5.95 Å². The number of aromatic nitrogens is 4. The van der Waals surface area contributed by atoms with Crippen molar-refractivity contribution in [3.8, 4) is 5.75 Å². The summed E-state index contributed by atoms with van der Waals surface area (Å²) >= 11 is 0. The predicted molar refractivity (Wildman–Crippen MR) is 120 cm³/mol. The Hall–Kier alpha value is -4.14. The highest BCUT2D eigenvalue weighted by molar-refractivity contribution is 5.99. The molecule has 0 fully saturated rings. The van der Waals surface area contributed by atoms with Crippen LogP contribution in [-0.2, 0) is 13.6 Å². The zero-order chi connectivity index (χ0) is 22.1. The second kappa shape index (κ2) is 7.94. The topological polar surface area (TPSA) is 117 Å². The Labute approximate surface area is 177 Å². The van der Waals surface area contributed by atoms with E-state index in [0.29, 0.717) is 18.2 Å². The number of benzene rings is 2. The number of H-pyrrole nitrogens is 1. The Morgan fingerprint density at radius 1 is 1.13 bits per heavy atom. The molecule has 0 saturated heterocycles. The van der Waals surface area contributed by atoms with Crippen LogP contribution in [0.25, 0.3) is 11.2 Å². The van der Waals surface area contributed by atoms with Crippen molar-refractivity contribution in [2.24, 2.45) is 12.1 Å². The van der Waals surface area contributed by atoms with Crippen LogP contribution in [0.1, 0.15) is 23.6 Å². The number of fused-ring (bicyclic) bond motifs is 1. The van der Waals surface area contributed by atoms with E-state index in [-0.39, 0.29) is 16.9 Å². The van der Waals surface area contributed by atoms with Gasteiger partial charge in [-0.3, -0.25) is 18.9 Å². The van der Waals surface area contributed by atoms with Crippen LogP contribution in [0, 0.1) is 6.92 Å². The average Bonchev–Trinajstić information content (AvgIpc) is 3.11. The van der Waals surface area contributed by atoms with E-state index >= 15 is 0 Å². The molecule has 3 N–H and O–H groups in total. The van der Waals surface area contributed by atoms with Gasteiger partial charge in [-0.2, -0.15) is 10.1 Å². The van der Waals surface area contributed by atoms with E-state index in [1.807, 2.05) is 38.1 Å². The van der Waals surface area contributed by atoms with Crippen LogP contribution in [0.15, 0.2) is 63.2 Å². The first-order valence-electron chi connectivity index (χ1n) is 9.68. The summed E-state index contributed by atoms with van der Waals surface area (Å²) < 4.78 is 3.00. The molecule has 0 bridgehead atoms. The molecule has 0 aliphatic heterocycles. The second-order valence-corrected chi connectivity index (χ2v) is 7.35. The molecule has 0 amide bonds. The fourth-order valence-electron chi connectivity index (χ4n) is 3.25. The highest BCUT2D eigenvalue weighted by Gasteiger charge is 2.17. The largest absolute Gasteiger partial charge is 0.508 e. The first kappa shape index (κ1) is 20.1. The minimum absolute atomic E-state index is 0.171. The summed E-state index contributed by atoms with van der Waals surface area (Å²) in [4.78, 5) is 31.4. The highest BCUT2D eigenvalue weighted by Crippen LogP contribution is 2.18. The molecule has 2 aromatic heterocycles. The second-order valence-electron chi connectivity index (χ2n) is 7.35. The lowest BCUT2D eigenvalue weighted by Gasteiger charge is -2.09. The minimum Gasteiger partial charge on any atom is -0.508 e. The molecule has 2 aromatic carbocycles. The summed E-state index contributed by atoms with van der Waals surface area (Å²) in [5, 5.41) is 13.9. The van der Waals surface area contributed by atoms with Gasteiger partial charge in [0.25, 0.3) is 5.56 Å². The number of nitrogens with zero attached hydrogens (tertiary/aromatic N) is 4. The number of aryl methyl sites for hydroxylation is 2. The van der Waals surface area contributed by atoms with Crippen LogP contribution in [-0.4, -0.2) is 29.9 Å². The third-order valence-electron chi connectivity index (χ3n) is 5.08. The Morgan fingerprint density at radius 3 is 2.48 bits per heavy atom. The van der Waals surface area contributed by atoms with Gasteiger partial charge in [0.05, 0.1) is 12.3 Å². The first-order valence-corrected chi connectivity index (χ1v) is 9.68. The molecule has 0 atom stereocenters. The Kier molecular flexibility index (Phi) is 5.16. The number of nitrogens with one attached hydrogen (secondary N) is 2. The fourth-order valence-corrected chi connectivity index (χ4v) is 3.25. The van der Waals surface area contributed by atoms with Gasteiger partial charge in [-0.1, -0.05) is 29.8 Å². The summed E-state index contributed by atoms with van der Waals surface area (Å²) in [7, 11) is 1.55. The maximum atomic E-state index is 12.6. The summed E-state index contributed by atoms with van der Waals surface area (Å²) in [6.07, 6.45) is 0. The fraction of sp³-hybridized carbons (Fsp3) is 0.182. The molecule has 0 saturated carbocycles. The Bertz CT molecular complexity index is 1390. The van der Waals surface area contributed by atoms with Crippen molar-refractivity contribution in [1.29, 1.82) is 0 Å². The molecule has 158 valence electrons. The van der Waals surface area contributed by atoms with Crippen molar-refractivity contribution in [1.82, 2.24) is 19.1 Å². The lowest BCUT2D eigenvalue weighted by Crippen LogP contribution is -2.29. The predicted octanol–water partition coefficient (Wildman–Crippen LogP) is 2.32. The van der Waals surface area contributed by atoms with Crippen molar-refractivity contribution in [2.45, 2.75) is 20.4 Å². The van der Waals surface area contributed by atoms with Crippen molar-refractivity contribution in [3.05, 3.63) is 86.1 Å². The molecule has 0 aliphatic carbocycles. The van der Waals surface area contributed by atoms with Gasteiger partial charge < -0.3 is 5.11 Å². The number of aromatic amines is 1. The van der Waals surface area contributed by atoms with Gasteiger partial charge in [0.1, 0.15) is 5.75 Å². The molecule has 0 unspecified atom stereocenters. The molecule has 4 aromatic rings. The SMILES string of the molecule is C/C(=N\Nc1nc2c(c(=O)[nH]c(=O)n2C)n1Cc1ccc(C)cc1)c1ccc(O)cc1. The minimum atomic E-state index is -0.534. The third kappa shape index (κ3) is 3.97. The van der Waals surface area contributed by atoms with E-state index in [1.165, 1.54) is 4.57 Å². The van der Waals surface area contributed by atoms with Crippen LogP contribution in [0.5, 0.6) is 5.75 Å². The number of phenols is 1. The first-order chi connectivity index (χ1) is 14.8. The van der Waals surface area contributed by atoms with Crippen molar-refractivity contribution < 1.29 is 5.11 Å². The summed E-state index contributed by atoms with van der Waals surface area (Å²) in [5.41, 5.74) is 6.02. The smallest absolute Gasteiger partial charge is 0.329 e. The molecule has 0 radical (unpaired) electrons. The number of aromatic hydroxyl groups is 1. The molecule has 9 nitrogen and oxygen atoms in total. The zero-order valence-electron chi connectivity index (χ0n) is 17.4. The van der Waals surface area contributed by atoms with Crippen molar-refractivity contribution in [3.63, 3.8) is 0 Å². The maximum Gasteiger partial charge on any atom is 0.329 e. The lowest BCUT2D eigenvalue weighted by atomic mass is 10.1. The van der Waals surface area contributed by atoms with Gasteiger partial charge in [-0.05, 0) is 49.2 Å². The van der Waals surface area contributed by atoms with Crippen LogP contribution in [0.3, 0.4) is 0 Å². The molecule has 4 rings (SSSR count). The van der Waals surface area contributed by atoms with E-state index in [1.54, 1.807) is 35.9 Å². The van der Waals surface area contributed by atoms with Gasteiger partial charge in [-0.15, -0.1) is 0 Å². The van der Waals surface area contributed by atoms with Gasteiger partial charge in [-0.25, -0.2) is 10.2 Å². The number of hydrazone groups is 1. The molecular weight excluding hydrogens is 396 g/mol. The van der Waals surface area contributed by atoms with Crippen molar-refractivity contribution >= 4 is 22.8 Å². The number of imidazole rings is 1. The number of hydrogen-bond acceptors (Lipinski definition) is 6. The van der Waals surface area contributed by atoms with Crippen LogP contribution >= 0.6 is 0 Å². The summed E-state index contributed by atoms with van der Waals surface area (Å²) in [6, 6.07) is 14.6. The quantitative estimate of drug-likeness (QED) is 0.340. The standard InChI is InChI=1S/C22H22N6O3/c1-13-4-6-15(7-5-13)12-28-18-19(27(3)22(31)24-20(18)30)23-21(28)26-25-14(2)16-8-10-17(29)11-9-16/h4-11,29H,12H2,1-3H3,(H,23,26)(H,24,30,31)/b25-14+. The monoisotopic (exact) mass is 418 g/mol. The number of anilines is 1. The van der Waals surface area contributed by atoms with Gasteiger partial charge in [0.15, 0.2) is 11.2 Å². The average molecular weight is 418 g/mol. The molecule has 31 heavy (non-hydrogen) atoms. The summed E-state index contributed by atoms with van der Waals surface area (Å²) in [6.45, 7) is 4.19. The van der Waals surface area contributed by atoms with E-state index in [2.05, 4.69) is 20.5 Å². The van der Waals surface area contributed by atoms with E-state index in [9.17, 15) is 14.7 Å². The van der Waals surface area contributed by atoms with E-state index in [0.717, 1.165) is 16.7 Å². The highest BCUT2D eigenvalue weighted by atomic mass is 16.3. The molecular formula is C22H22N6O3. The van der Waals surface area contributed by atoms with Gasteiger partial charge in [0.2, 0.25) is 5.95 Å². The number of hydrogen-bond donors (Lipinski definition) is 3. The number of phenolic OH excluding ortho intramolecular Hbond substituents is 1. The lowest BCUT2D eigenvalue weighted by molar-refractivity contribution is 0.475. The molecule has 0 spiro atoms. The van der Waals surface area contributed by atoms with Gasteiger partial charge in [0, 0.05) is 7.05 Å². The van der Waals surface area contributed by atoms with Crippen LogP contribution in [0.2, 0.25) is 0 Å². The Morgan fingerprint density at radius 2 is 1.81 bits per heavy atom. The molecule has 9 heteroatoms. The molecule has 2 heterocycles. The molecule has 0 aliphatic rings. The summed E-state index contributed by atoms with van der Waals surface area (Å²) in [5.74, 6) is 0.505. The van der Waals surface area contributed by atoms with Crippen molar-refractivity contribution in [2.75, 3.05) is 5.43 Å². The Balaban J connectivity index is 1.80. The van der Waals surface area contributed by atoms with Crippen LogP contribution < -0.4 is 16.7 Å².